The molecule has 1 atom stereocenters. The summed E-state index contributed by atoms with van der Waals surface area (Å²) >= 11 is 1.34. The van der Waals surface area contributed by atoms with E-state index < -0.39 is 23.6 Å². The van der Waals surface area contributed by atoms with E-state index in [1.165, 1.54) is 17.4 Å². The van der Waals surface area contributed by atoms with Crippen LogP contribution in [0.5, 0.6) is 0 Å². The summed E-state index contributed by atoms with van der Waals surface area (Å²) in [7, 11) is 0. The van der Waals surface area contributed by atoms with Crippen molar-refractivity contribution in [2.24, 2.45) is 5.73 Å². The van der Waals surface area contributed by atoms with Gasteiger partial charge in [-0.3, -0.25) is 0 Å². The molecular weight excluding hydrogens is 266 g/mol. The highest BCUT2D eigenvalue weighted by molar-refractivity contribution is 7.10. The minimum absolute atomic E-state index is 0.242. The van der Waals surface area contributed by atoms with Gasteiger partial charge in [-0.25, -0.2) is 4.39 Å². The average molecular weight is 275 g/mol. The Hall–Kier alpha value is -1.40. The molecule has 2 rings (SSSR count). The first-order chi connectivity index (χ1) is 8.39. The Balaban J connectivity index is 2.42. The quantitative estimate of drug-likeness (QED) is 0.825. The number of halogens is 4. The van der Waals surface area contributed by atoms with Crippen LogP contribution in [-0.2, 0) is 6.18 Å². The Bertz CT molecular complexity index is 534. The summed E-state index contributed by atoms with van der Waals surface area (Å²) in [6, 6.07) is 5.65. The second-order valence-electron chi connectivity index (χ2n) is 3.73. The molecule has 1 nitrogen and oxygen atoms in total. The predicted molar refractivity (Wildman–Crippen MR) is 61.8 cm³/mol. The van der Waals surface area contributed by atoms with Crippen LogP contribution < -0.4 is 5.73 Å². The summed E-state index contributed by atoms with van der Waals surface area (Å²) < 4.78 is 50.8. The minimum atomic E-state index is -4.71. The smallest absolute Gasteiger partial charge is 0.320 e. The Labute approximate surface area is 105 Å². The van der Waals surface area contributed by atoms with Crippen molar-refractivity contribution in [3.63, 3.8) is 0 Å². The number of hydrogen-bond donors (Lipinski definition) is 1. The highest BCUT2D eigenvalue weighted by Gasteiger charge is 2.34. The van der Waals surface area contributed by atoms with Crippen LogP contribution >= 0.6 is 11.3 Å². The van der Waals surface area contributed by atoms with Gasteiger partial charge in [-0.05, 0) is 29.1 Å². The lowest BCUT2D eigenvalue weighted by Gasteiger charge is -2.14. The van der Waals surface area contributed by atoms with Crippen molar-refractivity contribution in [3.05, 3.63) is 57.5 Å². The predicted octanol–water partition coefficient (Wildman–Crippen LogP) is 3.95. The van der Waals surface area contributed by atoms with Gasteiger partial charge in [0.05, 0.1) is 11.6 Å². The summed E-state index contributed by atoms with van der Waals surface area (Å²) in [5, 5.41) is 1.78. The number of thiophene rings is 1. The van der Waals surface area contributed by atoms with E-state index in [1.54, 1.807) is 17.5 Å². The molecule has 0 amide bonds. The molecule has 6 heteroatoms. The van der Waals surface area contributed by atoms with Crippen LogP contribution in [0, 0.1) is 5.82 Å². The number of hydrogen-bond acceptors (Lipinski definition) is 2. The Morgan fingerprint density at radius 1 is 1.17 bits per heavy atom. The standard InChI is InChI=1S/C12H9F4NS/c13-9-4-3-7(6-8(9)12(14,15)16)11(17)10-2-1-5-18-10/h1-6,11H,17H2. The van der Waals surface area contributed by atoms with Crippen molar-refractivity contribution >= 4 is 11.3 Å². The van der Waals surface area contributed by atoms with Crippen LogP contribution in [0.4, 0.5) is 17.6 Å². The molecule has 1 heterocycles. The number of alkyl halides is 3. The Morgan fingerprint density at radius 2 is 1.89 bits per heavy atom. The van der Waals surface area contributed by atoms with E-state index in [2.05, 4.69) is 0 Å². The normalized spacial score (nSPS) is 13.6. The molecule has 0 fully saturated rings. The van der Waals surface area contributed by atoms with Crippen LogP contribution in [0.1, 0.15) is 22.0 Å². The molecule has 0 aliphatic heterocycles. The summed E-state index contributed by atoms with van der Waals surface area (Å²) in [5.74, 6) is -1.29. The molecule has 1 aromatic carbocycles. The number of rotatable bonds is 2. The second kappa shape index (κ2) is 4.70. The van der Waals surface area contributed by atoms with Crippen molar-refractivity contribution in [2.45, 2.75) is 12.2 Å². The second-order valence-corrected chi connectivity index (χ2v) is 4.71. The monoisotopic (exact) mass is 275 g/mol. The molecule has 2 N–H and O–H groups in total. The molecule has 1 aromatic heterocycles. The molecule has 96 valence electrons. The summed E-state index contributed by atoms with van der Waals surface area (Å²) in [4.78, 5) is 0.731. The number of benzene rings is 1. The maximum absolute atomic E-state index is 13.1. The van der Waals surface area contributed by atoms with Gasteiger partial charge in [0.2, 0.25) is 0 Å². The van der Waals surface area contributed by atoms with Gasteiger partial charge in [0.15, 0.2) is 0 Å². The average Bonchev–Trinajstić information content (AvgIpc) is 2.80. The zero-order chi connectivity index (χ0) is 13.3. The molecule has 0 bridgehead atoms. The fraction of sp³-hybridized carbons (Fsp3) is 0.167. The molecular formula is C12H9F4NS. The van der Waals surface area contributed by atoms with E-state index in [-0.39, 0.29) is 5.56 Å². The fourth-order valence-corrected chi connectivity index (χ4v) is 2.34. The maximum Gasteiger partial charge on any atom is 0.419 e. The van der Waals surface area contributed by atoms with E-state index in [0.29, 0.717) is 0 Å². The summed E-state index contributed by atoms with van der Waals surface area (Å²) in [6.45, 7) is 0. The molecule has 0 aliphatic carbocycles. The fourth-order valence-electron chi connectivity index (χ4n) is 1.59. The molecule has 18 heavy (non-hydrogen) atoms. The van der Waals surface area contributed by atoms with Crippen molar-refractivity contribution in [1.29, 1.82) is 0 Å². The van der Waals surface area contributed by atoms with Gasteiger partial charge in [-0.2, -0.15) is 13.2 Å². The van der Waals surface area contributed by atoms with E-state index in [0.717, 1.165) is 17.0 Å². The van der Waals surface area contributed by atoms with Crippen LogP contribution in [-0.4, -0.2) is 0 Å². The third-order valence-electron chi connectivity index (χ3n) is 2.50. The van der Waals surface area contributed by atoms with Gasteiger partial charge in [0, 0.05) is 4.88 Å². The molecule has 0 radical (unpaired) electrons. The van der Waals surface area contributed by atoms with E-state index in [1.807, 2.05) is 0 Å². The first kappa shape index (κ1) is 13.0. The van der Waals surface area contributed by atoms with Crippen molar-refractivity contribution in [1.82, 2.24) is 0 Å². The van der Waals surface area contributed by atoms with Crippen LogP contribution in [0.15, 0.2) is 35.7 Å². The third-order valence-corrected chi connectivity index (χ3v) is 3.46. The SMILES string of the molecule is NC(c1ccc(F)c(C(F)(F)F)c1)c1cccs1. The van der Waals surface area contributed by atoms with Gasteiger partial charge in [-0.15, -0.1) is 11.3 Å². The first-order valence-electron chi connectivity index (χ1n) is 5.05. The van der Waals surface area contributed by atoms with Gasteiger partial charge in [-0.1, -0.05) is 12.1 Å². The van der Waals surface area contributed by atoms with Gasteiger partial charge >= 0.3 is 6.18 Å². The molecule has 0 saturated heterocycles. The molecule has 0 aliphatic rings. The zero-order valence-corrected chi connectivity index (χ0v) is 9.86. The maximum atomic E-state index is 13.1. The molecule has 0 saturated carbocycles. The van der Waals surface area contributed by atoms with Gasteiger partial charge < -0.3 is 5.73 Å². The van der Waals surface area contributed by atoms with Crippen LogP contribution in [0.2, 0.25) is 0 Å². The number of nitrogens with two attached hydrogens (primary N) is 1. The lowest BCUT2D eigenvalue weighted by molar-refractivity contribution is -0.140. The highest BCUT2D eigenvalue weighted by Crippen LogP contribution is 2.34. The minimum Gasteiger partial charge on any atom is -0.320 e. The Kier molecular flexibility index (Phi) is 3.41. The summed E-state index contributed by atoms with van der Waals surface area (Å²) in [5.41, 5.74) is 4.80. The van der Waals surface area contributed by atoms with E-state index >= 15 is 0 Å². The zero-order valence-electron chi connectivity index (χ0n) is 9.04. The molecule has 2 aromatic rings. The van der Waals surface area contributed by atoms with Crippen molar-refractivity contribution in [3.8, 4) is 0 Å². The van der Waals surface area contributed by atoms with Crippen LogP contribution in [0.25, 0.3) is 0 Å². The van der Waals surface area contributed by atoms with Crippen molar-refractivity contribution in [2.75, 3.05) is 0 Å². The Morgan fingerprint density at radius 3 is 2.44 bits per heavy atom. The van der Waals surface area contributed by atoms with Gasteiger partial charge in [0.25, 0.3) is 0 Å². The summed E-state index contributed by atoms with van der Waals surface area (Å²) in [6.07, 6.45) is -4.71. The highest BCUT2D eigenvalue weighted by atomic mass is 32.1. The topological polar surface area (TPSA) is 26.0 Å². The molecule has 0 spiro atoms. The van der Waals surface area contributed by atoms with E-state index in [4.69, 9.17) is 5.73 Å². The van der Waals surface area contributed by atoms with Gasteiger partial charge in [0.1, 0.15) is 5.82 Å². The van der Waals surface area contributed by atoms with E-state index in [9.17, 15) is 17.6 Å². The largest absolute Gasteiger partial charge is 0.419 e. The lowest BCUT2D eigenvalue weighted by atomic mass is 10.0. The lowest BCUT2D eigenvalue weighted by Crippen LogP contribution is -2.14. The van der Waals surface area contributed by atoms with Crippen molar-refractivity contribution < 1.29 is 17.6 Å². The third kappa shape index (κ3) is 2.54. The molecule has 1 unspecified atom stereocenters. The first-order valence-corrected chi connectivity index (χ1v) is 5.93. The van der Waals surface area contributed by atoms with Crippen LogP contribution in [0.3, 0.4) is 0 Å².